The van der Waals surface area contributed by atoms with E-state index in [0.29, 0.717) is 34.6 Å². The van der Waals surface area contributed by atoms with Crippen LogP contribution in [0.4, 0.5) is 21.0 Å². The van der Waals surface area contributed by atoms with Gasteiger partial charge >= 0.3 is 12.1 Å². The largest absolute Gasteiger partial charge is 0.428 e. The summed E-state index contributed by atoms with van der Waals surface area (Å²) in [7, 11) is 0. The summed E-state index contributed by atoms with van der Waals surface area (Å²) in [6.07, 6.45) is -0.632. The number of para-hydroxylation sites is 1. The number of nitrogens with one attached hydrogen (secondary N) is 2. The minimum atomic E-state index is -0.632. The molecule has 0 bridgehead atoms. The first-order chi connectivity index (χ1) is 13.0. The van der Waals surface area contributed by atoms with Crippen molar-refractivity contribution in [3.63, 3.8) is 0 Å². The van der Waals surface area contributed by atoms with Crippen LogP contribution >= 0.6 is 23.8 Å². The molecule has 0 radical (unpaired) electrons. The third kappa shape index (κ3) is 5.08. The van der Waals surface area contributed by atoms with Crippen molar-refractivity contribution in [3.8, 4) is 0 Å². The fourth-order valence-electron chi connectivity index (χ4n) is 2.46. The van der Waals surface area contributed by atoms with Crippen molar-refractivity contribution in [2.75, 3.05) is 30.5 Å². The van der Waals surface area contributed by atoms with Crippen LogP contribution in [0.3, 0.4) is 0 Å². The number of thiocarbonyl (C=S) groups is 1. The van der Waals surface area contributed by atoms with E-state index in [2.05, 4.69) is 10.6 Å². The molecular weight excluding hydrogens is 388 g/mol. The molecule has 0 atom stereocenters. The van der Waals surface area contributed by atoms with Crippen molar-refractivity contribution < 1.29 is 14.3 Å². The second-order valence-electron chi connectivity index (χ2n) is 5.69. The van der Waals surface area contributed by atoms with Gasteiger partial charge in [-0.1, -0.05) is 35.9 Å². The standard InChI is InChI=1S/C18H17ClN4O3S/c19-13-5-4-8-15(11-13)21-17(25)26-12-22-9-10-23(18(22)27)16(24)20-14-6-2-1-3-7-14/h1-8,11H,9-10,12H2,(H,20,24)(H,21,25). The van der Waals surface area contributed by atoms with E-state index in [4.69, 9.17) is 28.6 Å². The summed E-state index contributed by atoms with van der Waals surface area (Å²) < 4.78 is 5.17. The topological polar surface area (TPSA) is 73.9 Å². The van der Waals surface area contributed by atoms with E-state index in [1.165, 1.54) is 4.90 Å². The Kier molecular flexibility index (Phi) is 6.10. The SMILES string of the molecule is O=C(Nc1cccc(Cl)c1)OCN1CCN(C(=O)Nc2ccccc2)C1=S. The molecule has 1 aliphatic heterocycles. The minimum Gasteiger partial charge on any atom is -0.428 e. The van der Waals surface area contributed by atoms with Crippen molar-refractivity contribution in [3.05, 3.63) is 59.6 Å². The summed E-state index contributed by atoms with van der Waals surface area (Å²) in [5.41, 5.74) is 1.21. The molecule has 0 aliphatic carbocycles. The van der Waals surface area contributed by atoms with Crippen LogP contribution in [-0.4, -0.2) is 46.9 Å². The van der Waals surface area contributed by atoms with Gasteiger partial charge in [0, 0.05) is 29.5 Å². The molecule has 2 aromatic carbocycles. The normalized spacial score (nSPS) is 13.4. The van der Waals surface area contributed by atoms with E-state index in [1.54, 1.807) is 41.3 Å². The summed E-state index contributed by atoms with van der Waals surface area (Å²) in [4.78, 5) is 27.3. The molecule has 3 amide bonds. The predicted octanol–water partition coefficient (Wildman–Crippen LogP) is 3.98. The van der Waals surface area contributed by atoms with Crippen LogP contribution in [0, 0.1) is 0 Å². The number of urea groups is 1. The lowest BCUT2D eigenvalue weighted by Crippen LogP contribution is -2.39. The molecule has 3 rings (SSSR count). The first kappa shape index (κ1) is 18.9. The number of ether oxygens (including phenoxy) is 1. The van der Waals surface area contributed by atoms with E-state index in [-0.39, 0.29) is 12.8 Å². The van der Waals surface area contributed by atoms with Crippen molar-refractivity contribution in [2.45, 2.75) is 0 Å². The highest BCUT2D eigenvalue weighted by atomic mass is 35.5. The molecule has 27 heavy (non-hydrogen) atoms. The molecule has 0 unspecified atom stereocenters. The highest BCUT2D eigenvalue weighted by Crippen LogP contribution is 2.16. The molecular formula is C18H17ClN4O3S. The Morgan fingerprint density at radius 2 is 1.78 bits per heavy atom. The first-order valence-corrected chi connectivity index (χ1v) is 8.93. The second kappa shape index (κ2) is 8.70. The van der Waals surface area contributed by atoms with E-state index < -0.39 is 6.09 Å². The van der Waals surface area contributed by atoms with Crippen LogP contribution in [0.1, 0.15) is 0 Å². The lowest BCUT2D eigenvalue weighted by Gasteiger charge is -2.20. The molecule has 0 saturated carbocycles. The van der Waals surface area contributed by atoms with Gasteiger partial charge in [-0.25, -0.2) is 9.59 Å². The zero-order chi connectivity index (χ0) is 19.2. The van der Waals surface area contributed by atoms with E-state index >= 15 is 0 Å². The van der Waals surface area contributed by atoms with Crippen LogP contribution in [0.2, 0.25) is 5.02 Å². The Labute approximate surface area is 166 Å². The second-order valence-corrected chi connectivity index (χ2v) is 6.49. The molecule has 2 N–H and O–H groups in total. The number of nitrogens with zero attached hydrogens (tertiary/aromatic N) is 2. The Morgan fingerprint density at radius 3 is 2.52 bits per heavy atom. The smallest absolute Gasteiger partial charge is 0.413 e. The van der Waals surface area contributed by atoms with Gasteiger partial charge in [-0.05, 0) is 42.5 Å². The molecule has 7 nitrogen and oxygen atoms in total. The lowest BCUT2D eigenvalue weighted by molar-refractivity contribution is 0.120. The molecule has 1 heterocycles. The van der Waals surface area contributed by atoms with Gasteiger partial charge in [0.05, 0.1) is 0 Å². The number of carbonyl (C=O) groups is 2. The number of halogens is 1. The van der Waals surface area contributed by atoms with Crippen LogP contribution < -0.4 is 10.6 Å². The van der Waals surface area contributed by atoms with Crippen LogP contribution in [0.15, 0.2) is 54.6 Å². The maximum atomic E-state index is 12.3. The molecule has 0 spiro atoms. The Morgan fingerprint density at radius 1 is 1.04 bits per heavy atom. The molecule has 140 valence electrons. The summed E-state index contributed by atoms with van der Waals surface area (Å²) in [5.74, 6) is 0. The summed E-state index contributed by atoms with van der Waals surface area (Å²) in [5, 5.41) is 6.17. The first-order valence-electron chi connectivity index (χ1n) is 8.15. The molecule has 1 saturated heterocycles. The lowest BCUT2D eigenvalue weighted by atomic mass is 10.3. The van der Waals surface area contributed by atoms with Gasteiger partial charge in [0.2, 0.25) is 0 Å². The summed E-state index contributed by atoms with van der Waals surface area (Å²) >= 11 is 11.2. The quantitative estimate of drug-likeness (QED) is 0.754. The Balaban J connectivity index is 1.48. The Hall–Kier alpha value is -2.84. The third-order valence-corrected chi connectivity index (χ3v) is 4.50. The van der Waals surface area contributed by atoms with Gasteiger partial charge in [0.1, 0.15) is 0 Å². The molecule has 9 heteroatoms. The number of amides is 3. The minimum absolute atomic E-state index is 0.0552. The average molecular weight is 405 g/mol. The van der Waals surface area contributed by atoms with Crippen molar-refractivity contribution in [2.24, 2.45) is 0 Å². The van der Waals surface area contributed by atoms with Crippen molar-refractivity contribution in [1.29, 1.82) is 0 Å². The van der Waals surface area contributed by atoms with E-state index in [9.17, 15) is 9.59 Å². The van der Waals surface area contributed by atoms with Gasteiger partial charge in [-0.15, -0.1) is 0 Å². The molecule has 1 aliphatic rings. The molecule has 2 aromatic rings. The van der Waals surface area contributed by atoms with Gasteiger partial charge in [-0.2, -0.15) is 0 Å². The number of carbonyl (C=O) groups excluding carboxylic acids is 2. The predicted molar refractivity (Wildman–Crippen MR) is 108 cm³/mol. The maximum absolute atomic E-state index is 12.3. The van der Waals surface area contributed by atoms with Gasteiger partial charge < -0.3 is 15.0 Å². The van der Waals surface area contributed by atoms with Crippen LogP contribution in [0.5, 0.6) is 0 Å². The summed E-state index contributed by atoms with van der Waals surface area (Å²) in [6, 6.07) is 15.5. The van der Waals surface area contributed by atoms with E-state index in [1.807, 2.05) is 18.2 Å². The number of hydrogen-bond donors (Lipinski definition) is 2. The van der Waals surface area contributed by atoms with Crippen molar-refractivity contribution >= 4 is 52.4 Å². The summed E-state index contributed by atoms with van der Waals surface area (Å²) in [6.45, 7) is 0.836. The van der Waals surface area contributed by atoms with E-state index in [0.717, 1.165) is 0 Å². The van der Waals surface area contributed by atoms with Gasteiger partial charge in [0.15, 0.2) is 11.8 Å². The molecule has 1 fully saturated rings. The zero-order valence-electron chi connectivity index (χ0n) is 14.2. The van der Waals surface area contributed by atoms with Gasteiger partial charge in [0.25, 0.3) is 0 Å². The number of rotatable bonds is 4. The monoisotopic (exact) mass is 404 g/mol. The highest BCUT2D eigenvalue weighted by molar-refractivity contribution is 7.80. The van der Waals surface area contributed by atoms with Crippen LogP contribution in [0.25, 0.3) is 0 Å². The number of benzene rings is 2. The fraction of sp³-hybridized carbons (Fsp3) is 0.167. The van der Waals surface area contributed by atoms with Crippen LogP contribution in [-0.2, 0) is 4.74 Å². The Bertz CT molecular complexity index is 850. The maximum Gasteiger partial charge on any atom is 0.413 e. The zero-order valence-corrected chi connectivity index (χ0v) is 15.8. The average Bonchev–Trinajstić information content (AvgIpc) is 3.01. The fourth-order valence-corrected chi connectivity index (χ4v) is 2.97. The third-order valence-electron chi connectivity index (χ3n) is 3.79. The molecule has 0 aromatic heterocycles. The van der Waals surface area contributed by atoms with Gasteiger partial charge in [-0.3, -0.25) is 10.2 Å². The number of hydrogen-bond acceptors (Lipinski definition) is 4. The van der Waals surface area contributed by atoms with Crippen molar-refractivity contribution in [1.82, 2.24) is 9.80 Å². The highest BCUT2D eigenvalue weighted by Gasteiger charge is 2.30. The number of anilines is 2.